The highest BCUT2D eigenvalue weighted by molar-refractivity contribution is 5.93. The van der Waals surface area contributed by atoms with E-state index in [9.17, 15) is 4.79 Å². The van der Waals surface area contributed by atoms with Gasteiger partial charge < -0.3 is 0 Å². The summed E-state index contributed by atoms with van der Waals surface area (Å²) in [4.78, 5) is 15.8. The van der Waals surface area contributed by atoms with E-state index in [1.165, 1.54) is 68.1 Å². The molecule has 2 fully saturated rings. The fraction of sp³-hybridized carbons (Fsp3) is 0.524. The Labute approximate surface area is 155 Å². The molecule has 3 aliphatic rings. The van der Waals surface area contributed by atoms with E-state index in [4.69, 9.17) is 10.8 Å². The number of guanidine groups is 1. The van der Waals surface area contributed by atoms with Crippen LogP contribution >= 0.6 is 0 Å². The first-order valence-corrected chi connectivity index (χ1v) is 9.86. The van der Waals surface area contributed by atoms with Gasteiger partial charge in [-0.25, -0.2) is 10.8 Å². The van der Waals surface area contributed by atoms with Crippen molar-refractivity contribution in [3.05, 3.63) is 41.0 Å². The van der Waals surface area contributed by atoms with Crippen LogP contribution in [0.4, 0.5) is 0 Å². The summed E-state index contributed by atoms with van der Waals surface area (Å²) in [5, 5.41) is 2.60. The Morgan fingerprint density at radius 2 is 1.88 bits per heavy atom. The summed E-state index contributed by atoms with van der Waals surface area (Å²) in [7, 11) is 0. The Bertz CT molecular complexity index is 740. The van der Waals surface area contributed by atoms with E-state index in [1.807, 2.05) is 0 Å². The summed E-state index contributed by atoms with van der Waals surface area (Å²) >= 11 is 0. The van der Waals surface area contributed by atoms with Gasteiger partial charge in [0.15, 0.2) is 0 Å². The number of nitrogens with two attached hydrogens (primary N) is 1. The molecule has 5 nitrogen and oxygen atoms in total. The molecule has 138 valence electrons. The lowest BCUT2D eigenvalue weighted by Crippen LogP contribution is -2.41. The normalized spacial score (nSPS) is 22.6. The fourth-order valence-corrected chi connectivity index (χ4v) is 5.49. The molecular weight excluding hydrogens is 324 g/mol. The molecule has 0 heterocycles. The monoisotopic (exact) mass is 352 g/mol. The molecule has 0 radical (unpaired) electrons. The zero-order valence-corrected chi connectivity index (χ0v) is 15.3. The lowest BCUT2D eigenvalue weighted by Gasteiger charge is -2.41. The van der Waals surface area contributed by atoms with Gasteiger partial charge in [0.1, 0.15) is 0 Å². The van der Waals surface area contributed by atoms with Crippen molar-refractivity contribution in [3.8, 4) is 0 Å². The van der Waals surface area contributed by atoms with Crippen molar-refractivity contribution < 1.29 is 4.79 Å². The molecule has 0 saturated heterocycles. The quantitative estimate of drug-likeness (QED) is 0.257. The van der Waals surface area contributed by atoms with Crippen molar-refractivity contribution in [3.63, 3.8) is 0 Å². The molecular formula is C21H28N4O. The van der Waals surface area contributed by atoms with Crippen molar-refractivity contribution in [1.82, 2.24) is 10.7 Å². The fourth-order valence-electron chi connectivity index (χ4n) is 5.49. The summed E-state index contributed by atoms with van der Waals surface area (Å²) < 4.78 is 0. The molecule has 1 spiro atoms. The average molecular weight is 352 g/mol. The van der Waals surface area contributed by atoms with Crippen LogP contribution in [0.1, 0.15) is 62.5 Å². The van der Waals surface area contributed by atoms with Crippen LogP contribution in [-0.4, -0.2) is 12.4 Å². The Hall–Kier alpha value is -2.14. The minimum Gasteiger partial charge on any atom is -0.298 e. The number of rotatable bonds is 3. The number of hydrazine groups is 1. The standard InChI is InChI=1S/C21H28N4O/c22-25-20(23-14-26)24-19-17-10-4-3-9-16(17)13-21(11-5-6-12-21)18(19)15-7-1-2-8-15/h3-4,9-10,14-15H,1-2,5-8,11-13,22H2,(H2,23,24,25,26). The number of nitrogens with one attached hydrogen (secondary N) is 2. The number of amides is 1. The van der Waals surface area contributed by atoms with E-state index >= 15 is 0 Å². The number of hydrogen-bond donors (Lipinski definition) is 3. The Kier molecular flexibility index (Phi) is 4.81. The SMILES string of the molecule is NNC(=NC1=C(C2CCCC2)C2(CCCC2)Cc2ccccc21)NC=O. The van der Waals surface area contributed by atoms with Crippen LogP contribution in [0.25, 0.3) is 5.70 Å². The molecule has 3 aliphatic carbocycles. The highest BCUT2D eigenvalue weighted by Crippen LogP contribution is 2.57. The molecule has 0 unspecified atom stereocenters. The van der Waals surface area contributed by atoms with Crippen molar-refractivity contribution in [2.24, 2.45) is 22.2 Å². The number of carbonyl (C=O) groups excluding carboxylic acids is 1. The molecule has 1 amide bonds. The topological polar surface area (TPSA) is 79.5 Å². The van der Waals surface area contributed by atoms with Crippen molar-refractivity contribution >= 4 is 18.1 Å². The van der Waals surface area contributed by atoms with Crippen LogP contribution in [0.15, 0.2) is 34.8 Å². The van der Waals surface area contributed by atoms with Gasteiger partial charge in [-0.05, 0) is 54.6 Å². The number of benzene rings is 1. The first-order valence-electron chi connectivity index (χ1n) is 9.86. The predicted molar refractivity (Wildman–Crippen MR) is 104 cm³/mol. The second-order valence-corrected chi connectivity index (χ2v) is 7.93. The molecule has 0 atom stereocenters. The Morgan fingerprint density at radius 1 is 1.15 bits per heavy atom. The van der Waals surface area contributed by atoms with E-state index in [1.54, 1.807) is 0 Å². The van der Waals surface area contributed by atoms with Gasteiger partial charge in [0.05, 0.1) is 5.70 Å². The largest absolute Gasteiger partial charge is 0.298 e. The average Bonchev–Trinajstić information content (AvgIpc) is 3.34. The van der Waals surface area contributed by atoms with E-state index in [-0.39, 0.29) is 5.41 Å². The minimum absolute atomic E-state index is 0.239. The number of aliphatic imine (C=N–C) groups is 1. The van der Waals surface area contributed by atoms with Gasteiger partial charge in [-0.2, -0.15) is 0 Å². The molecule has 0 aliphatic heterocycles. The van der Waals surface area contributed by atoms with Crippen LogP contribution in [0.2, 0.25) is 0 Å². The lowest BCUT2D eigenvalue weighted by atomic mass is 9.64. The minimum atomic E-state index is 0.239. The van der Waals surface area contributed by atoms with Crippen molar-refractivity contribution in [2.75, 3.05) is 0 Å². The van der Waals surface area contributed by atoms with Gasteiger partial charge in [-0.3, -0.25) is 15.5 Å². The third-order valence-corrected chi connectivity index (χ3v) is 6.51. The van der Waals surface area contributed by atoms with Gasteiger partial charge in [-0.1, -0.05) is 49.9 Å². The number of nitrogens with zero attached hydrogens (tertiary/aromatic N) is 1. The number of fused-ring (bicyclic) bond motifs is 1. The second-order valence-electron chi connectivity index (χ2n) is 7.93. The predicted octanol–water partition coefficient (Wildman–Crippen LogP) is 3.27. The number of carbonyl (C=O) groups is 1. The van der Waals surface area contributed by atoms with Gasteiger partial charge in [0, 0.05) is 5.56 Å². The summed E-state index contributed by atoms with van der Waals surface area (Å²) in [6, 6.07) is 8.60. The first-order chi connectivity index (χ1) is 12.8. The van der Waals surface area contributed by atoms with Crippen LogP contribution in [0, 0.1) is 11.3 Å². The molecule has 5 heteroatoms. The maximum atomic E-state index is 10.9. The molecule has 1 aromatic carbocycles. The summed E-state index contributed by atoms with van der Waals surface area (Å²) in [5.74, 6) is 6.54. The van der Waals surface area contributed by atoms with E-state index in [2.05, 4.69) is 35.0 Å². The van der Waals surface area contributed by atoms with E-state index in [0.29, 0.717) is 18.3 Å². The number of hydrogen-bond acceptors (Lipinski definition) is 3. The van der Waals surface area contributed by atoms with Gasteiger partial charge in [-0.15, -0.1) is 0 Å². The summed E-state index contributed by atoms with van der Waals surface area (Å²) in [5.41, 5.74) is 7.94. The highest BCUT2D eigenvalue weighted by atomic mass is 16.1. The Balaban J connectivity index is 1.93. The van der Waals surface area contributed by atoms with Crippen LogP contribution in [-0.2, 0) is 11.2 Å². The smallest absolute Gasteiger partial charge is 0.217 e. The molecule has 1 aromatic rings. The second kappa shape index (κ2) is 7.23. The lowest BCUT2D eigenvalue weighted by molar-refractivity contribution is -0.108. The van der Waals surface area contributed by atoms with Crippen molar-refractivity contribution in [2.45, 2.75) is 57.8 Å². The molecule has 0 aromatic heterocycles. The molecule has 26 heavy (non-hydrogen) atoms. The van der Waals surface area contributed by atoms with E-state index < -0.39 is 0 Å². The maximum Gasteiger partial charge on any atom is 0.217 e. The first kappa shape index (κ1) is 17.3. The Morgan fingerprint density at radius 3 is 2.58 bits per heavy atom. The molecule has 4 N–H and O–H groups in total. The molecule has 2 saturated carbocycles. The van der Waals surface area contributed by atoms with E-state index in [0.717, 1.165) is 12.1 Å². The van der Waals surface area contributed by atoms with Crippen LogP contribution in [0.5, 0.6) is 0 Å². The van der Waals surface area contributed by atoms with Crippen LogP contribution < -0.4 is 16.6 Å². The van der Waals surface area contributed by atoms with Crippen molar-refractivity contribution in [1.29, 1.82) is 0 Å². The molecule has 0 bridgehead atoms. The summed E-state index contributed by atoms with van der Waals surface area (Å²) in [6.07, 6.45) is 11.9. The third-order valence-electron chi connectivity index (χ3n) is 6.51. The zero-order chi connectivity index (χ0) is 18.0. The third kappa shape index (κ3) is 2.94. The van der Waals surface area contributed by atoms with Gasteiger partial charge >= 0.3 is 0 Å². The number of allylic oxidation sites excluding steroid dienone is 1. The summed E-state index contributed by atoms with van der Waals surface area (Å²) in [6.45, 7) is 0. The molecule has 4 rings (SSSR count). The highest BCUT2D eigenvalue weighted by Gasteiger charge is 2.45. The van der Waals surface area contributed by atoms with Crippen LogP contribution in [0.3, 0.4) is 0 Å². The zero-order valence-electron chi connectivity index (χ0n) is 15.3. The van der Waals surface area contributed by atoms with Gasteiger partial charge in [0.25, 0.3) is 0 Å². The maximum absolute atomic E-state index is 10.9. The van der Waals surface area contributed by atoms with Gasteiger partial charge in [0.2, 0.25) is 12.4 Å².